The molecule has 27 atom stereocenters. The predicted octanol–water partition coefficient (Wildman–Crippen LogP) is 33.1. The van der Waals surface area contributed by atoms with Crippen LogP contribution in [0.15, 0.2) is 0 Å². The van der Waals surface area contributed by atoms with Crippen LogP contribution in [-0.2, 0) is 0 Å². The summed E-state index contributed by atoms with van der Waals surface area (Å²) in [6, 6.07) is 9.66. The van der Waals surface area contributed by atoms with E-state index in [0.717, 1.165) is 251 Å². The van der Waals surface area contributed by atoms with Crippen molar-refractivity contribution in [3.05, 3.63) is 0 Å². The highest BCUT2D eigenvalue weighted by molar-refractivity contribution is 6.65. The largest absolute Gasteiger partial charge is 0.295 e. The fraction of sp³-hybridized carbons (Fsp3) is 1.00. The number of nitrogens with zero attached hydrogens (tertiary/aromatic N) is 4. The molecule has 0 aromatic rings. The highest BCUT2D eigenvalue weighted by Gasteiger charge is 2.71. The number of hydrogen-bond donors (Lipinski definition) is 0. The molecule has 0 bridgehead atoms. The van der Waals surface area contributed by atoms with E-state index in [1.165, 1.54) is 128 Å². The van der Waals surface area contributed by atoms with E-state index >= 15 is 0 Å². The van der Waals surface area contributed by atoms with Crippen LogP contribution in [0.1, 0.15) is 500 Å². The summed E-state index contributed by atoms with van der Waals surface area (Å²) < 4.78 is 0. The van der Waals surface area contributed by atoms with Crippen molar-refractivity contribution in [2.24, 2.45) is 176 Å². The molecule has 718 valence electrons. The van der Waals surface area contributed by atoms with Gasteiger partial charge in [0.25, 0.3) is 0 Å². The lowest BCUT2D eigenvalue weighted by Gasteiger charge is -2.73. The Hall–Kier alpha value is -0.0951. The SMILES string of the molecule is CC(C)(C)C1CC2CCC3CC(C(C)(C)C)CC4C(C5CCC6C(C5)B5C7CCC(N8C9CCCCC9C9CCCCC98)CC7N(C7C(C8CCCCC8)CC(C(C)(C)C)CC7C7CCCCC7)C7CC(N(C8CCC(C9CCCCC9)CC8)C8CCC(C9CCCCC9)CC8)CC(C57)N6C5C(C6CCCCC6)CC(C(C)(C)C)CC5C5CCCCC5)CC(C1)C2C34. The van der Waals surface area contributed by atoms with Gasteiger partial charge in [-0.05, 0) is 379 Å². The van der Waals surface area contributed by atoms with Gasteiger partial charge in [0.1, 0.15) is 0 Å². The van der Waals surface area contributed by atoms with Crippen LogP contribution >= 0.6 is 0 Å². The quantitative estimate of drug-likeness (QED) is 0.170. The summed E-state index contributed by atoms with van der Waals surface area (Å²) in [4.78, 5) is 15.7. The molecule has 0 radical (unpaired) electrons. The van der Waals surface area contributed by atoms with Crippen molar-refractivity contribution >= 4 is 6.71 Å². The van der Waals surface area contributed by atoms with Crippen LogP contribution in [0, 0.1) is 176 Å². The molecule has 5 heteroatoms. The fourth-order valence-electron chi connectivity index (χ4n) is 43.7. The molecule has 3 aliphatic heterocycles. The Morgan fingerprint density at radius 3 is 0.976 bits per heavy atom. The summed E-state index contributed by atoms with van der Waals surface area (Å²) in [5.74, 6) is 27.6. The molecule has 22 fully saturated rings. The van der Waals surface area contributed by atoms with Gasteiger partial charge in [0.15, 0.2) is 6.71 Å². The van der Waals surface area contributed by atoms with Crippen molar-refractivity contribution < 1.29 is 0 Å². The van der Waals surface area contributed by atoms with E-state index in [0.29, 0.717) is 21.7 Å². The Labute approximate surface area is 787 Å². The number of likely N-dealkylation sites (tertiary alicyclic amines) is 1. The summed E-state index contributed by atoms with van der Waals surface area (Å²) >= 11 is 0. The summed E-state index contributed by atoms with van der Waals surface area (Å²) in [6.07, 6.45) is 102. The van der Waals surface area contributed by atoms with Crippen LogP contribution in [0.5, 0.6) is 0 Å². The topological polar surface area (TPSA) is 13.0 Å². The van der Waals surface area contributed by atoms with E-state index in [4.69, 9.17) is 0 Å². The normalized spacial score (nSPS) is 48.2. The first-order valence-corrected chi connectivity index (χ1v) is 60.6. The first kappa shape index (κ1) is 92.0. The molecule has 19 aliphatic carbocycles. The summed E-state index contributed by atoms with van der Waals surface area (Å²) in [5.41, 5.74) is 1.58. The molecule has 22 aliphatic rings. The molecular weight excluding hydrogens is 1530 g/mol. The second-order valence-corrected chi connectivity index (χ2v) is 58.6. The van der Waals surface area contributed by atoms with E-state index < -0.39 is 0 Å². The first-order valence-electron chi connectivity index (χ1n) is 60.6. The zero-order chi connectivity index (χ0) is 86.5. The third-order valence-electron chi connectivity index (χ3n) is 49.4. The van der Waals surface area contributed by atoms with Crippen LogP contribution in [0.25, 0.3) is 0 Å². The van der Waals surface area contributed by atoms with Gasteiger partial charge in [0, 0.05) is 72.5 Å². The smallest absolute Gasteiger partial charge is 0.156 e. The van der Waals surface area contributed by atoms with Gasteiger partial charge < -0.3 is 0 Å². The van der Waals surface area contributed by atoms with E-state index in [9.17, 15) is 0 Å². The average molecular weight is 1740 g/mol. The minimum atomic E-state index is 0.369. The standard InChI is InChI=1S/C122H207BN4/c1-119(2,3)90-65-87-51-52-88-66-91(120(4,5)6)74-105-100(68-89(67-90)114(87)115(88)105)86-57-64-110-107(69-86)123-106-63-62-96(125-108-49-33-31-47-98(108)99-48-32-34-50-109(99)125)75-111(106)127(118-103(84-43-27-17-28-44-84)72-93(122(10,11)12)73-104(118)85-45-29-18-30-46-85)113-77-97(124(94-58-53-80(54-59-94)78-35-19-13-20-36-78)95-60-55-81(56-61-95)79-37-21-14-22-38-79)76-112(116(113)123)126(110)117-101(82-39-23-15-24-40-82)70-92(121(7,8)9)71-102(117)83-41-25-16-26-42-83/h78-118H,13-77H2,1-12H3. The molecule has 0 aromatic heterocycles. The zero-order valence-corrected chi connectivity index (χ0v) is 86.0. The van der Waals surface area contributed by atoms with Crippen LogP contribution in [0.3, 0.4) is 0 Å². The fourth-order valence-corrected chi connectivity index (χ4v) is 43.7. The third-order valence-corrected chi connectivity index (χ3v) is 49.4. The number of hydrogen-bond acceptors (Lipinski definition) is 4. The maximum absolute atomic E-state index is 4.14. The lowest BCUT2D eigenvalue weighted by atomic mass is 9.18. The molecule has 4 nitrogen and oxygen atoms in total. The average Bonchev–Trinajstić information content (AvgIpc) is 1.12. The molecule has 0 amide bonds. The van der Waals surface area contributed by atoms with Crippen molar-refractivity contribution in [3.8, 4) is 0 Å². The lowest BCUT2D eigenvalue weighted by molar-refractivity contribution is -0.159. The van der Waals surface area contributed by atoms with Crippen molar-refractivity contribution in [2.45, 2.75) is 590 Å². The number of fused-ring (bicyclic) bond motifs is 7. The maximum atomic E-state index is 4.14. The van der Waals surface area contributed by atoms with E-state index in [1.54, 1.807) is 289 Å². The second kappa shape index (κ2) is 38.2. The Morgan fingerprint density at radius 2 is 0.543 bits per heavy atom. The summed E-state index contributed by atoms with van der Waals surface area (Å²) in [5, 5.41) is 0. The van der Waals surface area contributed by atoms with Gasteiger partial charge in [0.2, 0.25) is 0 Å². The van der Waals surface area contributed by atoms with Crippen molar-refractivity contribution in [3.63, 3.8) is 0 Å². The van der Waals surface area contributed by atoms with Crippen molar-refractivity contribution in [1.82, 2.24) is 19.6 Å². The highest BCUT2D eigenvalue weighted by atomic mass is 15.3. The molecule has 27 unspecified atom stereocenters. The predicted molar refractivity (Wildman–Crippen MR) is 538 cm³/mol. The summed E-state index contributed by atoms with van der Waals surface area (Å²) in [6.45, 7) is 34.3. The number of rotatable bonds is 13. The van der Waals surface area contributed by atoms with Crippen molar-refractivity contribution in [2.75, 3.05) is 0 Å². The molecule has 0 aromatic carbocycles. The highest BCUT2D eigenvalue weighted by Crippen LogP contribution is 2.73. The molecule has 3 saturated heterocycles. The Balaban J connectivity index is 0.756. The van der Waals surface area contributed by atoms with E-state index in [2.05, 4.69) is 103 Å². The van der Waals surface area contributed by atoms with Gasteiger partial charge >= 0.3 is 0 Å². The monoisotopic (exact) mass is 1740 g/mol. The van der Waals surface area contributed by atoms with Gasteiger partial charge in [-0.2, -0.15) is 0 Å². The first-order chi connectivity index (χ1) is 61.5. The molecular formula is C122H207BN4. The Morgan fingerprint density at radius 1 is 0.197 bits per heavy atom. The van der Waals surface area contributed by atoms with Gasteiger partial charge in [-0.3, -0.25) is 19.6 Å². The van der Waals surface area contributed by atoms with Gasteiger partial charge in [-0.1, -0.05) is 314 Å². The van der Waals surface area contributed by atoms with Gasteiger partial charge in [-0.25, -0.2) is 0 Å². The maximum Gasteiger partial charge on any atom is 0.156 e. The van der Waals surface area contributed by atoms with E-state index in [1.807, 2.05) is 0 Å². The molecule has 0 spiro atoms. The van der Waals surface area contributed by atoms with Crippen LogP contribution in [0.4, 0.5) is 0 Å². The Bertz CT molecular complexity index is 3380. The minimum absolute atomic E-state index is 0.369. The zero-order valence-electron chi connectivity index (χ0n) is 86.0. The van der Waals surface area contributed by atoms with Crippen LogP contribution in [0.2, 0.25) is 17.5 Å². The van der Waals surface area contributed by atoms with Crippen molar-refractivity contribution in [1.29, 1.82) is 0 Å². The van der Waals surface area contributed by atoms with Crippen LogP contribution < -0.4 is 0 Å². The van der Waals surface area contributed by atoms with E-state index in [-0.39, 0.29) is 0 Å². The third kappa shape index (κ3) is 17.9. The minimum Gasteiger partial charge on any atom is -0.295 e. The second-order valence-electron chi connectivity index (χ2n) is 58.6. The molecule has 3 heterocycles. The molecule has 22 rings (SSSR count). The Kier molecular flexibility index (Phi) is 27.6. The summed E-state index contributed by atoms with van der Waals surface area (Å²) in [7, 11) is 0. The van der Waals surface area contributed by atoms with Gasteiger partial charge in [-0.15, -0.1) is 0 Å². The van der Waals surface area contributed by atoms with Gasteiger partial charge in [0.05, 0.1) is 0 Å². The molecule has 127 heavy (non-hydrogen) atoms. The lowest BCUT2D eigenvalue weighted by Crippen LogP contribution is -2.78. The van der Waals surface area contributed by atoms with Crippen LogP contribution in [-0.4, -0.2) is 98.8 Å². The molecule has 19 saturated carbocycles. The molecule has 0 N–H and O–H groups in total.